The predicted octanol–water partition coefficient (Wildman–Crippen LogP) is 4.92. The topological polar surface area (TPSA) is 20.2 Å². The normalized spacial score (nSPS) is 13.1. The van der Waals surface area contributed by atoms with Crippen molar-refractivity contribution in [3.05, 3.63) is 41.1 Å². The molecule has 0 aliphatic heterocycles. The fourth-order valence-corrected chi connectivity index (χ4v) is 4.25. The zero-order chi connectivity index (χ0) is 11.9. The molecular formula is C11H10BrClOS2. The Bertz CT molecular complexity index is 433. The minimum Gasteiger partial charge on any atom is -0.382 e. The molecule has 0 radical (unpaired) electrons. The number of aryl methyl sites for hydroxylation is 2. The van der Waals surface area contributed by atoms with Gasteiger partial charge in [0.2, 0.25) is 0 Å². The van der Waals surface area contributed by atoms with E-state index in [2.05, 4.69) is 15.9 Å². The number of thiophene rings is 2. The molecule has 1 nitrogen and oxygen atoms in total. The van der Waals surface area contributed by atoms with Gasteiger partial charge in [-0.1, -0.05) is 11.6 Å². The largest absolute Gasteiger partial charge is 0.382 e. The third-order valence-corrected chi connectivity index (χ3v) is 6.09. The van der Waals surface area contributed by atoms with Gasteiger partial charge in [0, 0.05) is 9.75 Å². The first-order valence-corrected chi connectivity index (χ1v) is 7.49. The highest BCUT2D eigenvalue weighted by Crippen LogP contribution is 2.38. The Hall–Kier alpha value is 0.130. The van der Waals surface area contributed by atoms with Crippen LogP contribution in [0.15, 0.2) is 15.9 Å². The summed E-state index contributed by atoms with van der Waals surface area (Å²) in [5.41, 5.74) is 2.17. The Morgan fingerprint density at radius 3 is 2.19 bits per heavy atom. The molecule has 0 fully saturated rings. The van der Waals surface area contributed by atoms with E-state index in [1.165, 1.54) is 11.3 Å². The maximum absolute atomic E-state index is 10.2. The van der Waals surface area contributed by atoms with Crippen LogP contribution in [0.2, 0.25) is 4.34 Å². The Morgan fingerprint density at radius 1 is 1.19 bits per heavy atom. The number of halogens is 2. The average Bonchev–Trinajstić information content (AvgIpc) is 2.72. The molecule has 2 rings (SSSR count). The first-order chi connectivity index (χ1) is 7.49. The van der Waals surface area contributed by atoms with E-state index < -0.39 is 6.10 Å². The fraction of sp³-hybridized carbons (Fsp3) is 0.273. The summed E-state index contributed by atoms with van der Waals surface area (Å²) in [5, 5.41) is 10.2. The van der Waals surface area contributed by atoms with Crippen molar-refractivity contribution in [1.29, 1.82) is 0 Å². The SMILES string of the molecule is Cc1cc(C(O)c2cc(C)c(Br)s2)sc1Cl. The van der Waals surface area contributed by atoms with Crippen LogP contribution < -0.4 is 0 Å². The Morgan fingerprint density at radius 2 is 1.75 bits per heavy atom. The van der Waals surface area contributed by atoms with Crippen molar-refractivity contribution in [3.63, 3.8) is 0 Å². The number of rotatable bonds is 2. The second-order valence-corrected chi connectivity index (χ2v) is 7.70. The van der Waals surface area contributed by atoms with Crippen molar-refractivity contribution >= 4 is 50.2 Å². The molecule has 0 spiro atoms. The van der Waals surface area contributed by atoms with Gasteiger partial charge in [-0.3, -0.25) is 0 Å². The predicted molar refractivity (Wildman–Crippen MR) is 74.9 cm³/mol. The highest BCUT2D eigenvalue weighted by molar-refractivity contribution is 9.11. The zero-order valence-corrected chi connectivity index (χ0v) is 12.7. The third-order valence-electron chi connectivity index (χ3n) is 2.29. The van der Waals surface area contributed by atoms with Crippen LogP contribution in [0.4, 0.5) is 0 Å². The van der Waals surface area contributed by atoms with E-state index in [1.54, 1.807) is 11.3 Å². The van der Waals surface area contributed by atoms with E-state index in [1.807, 2.05) is 26.0 Å². The van der Waals surface area contributed by atoms with Crippen molar-refractivity contribution in [2.75, 3.05) is 0 Å². The van der Waals surface area contributed by atoms with Crippen LogP contribution in [-0.2, 0) is 0 Å². The molecule has 0 saturated carbocycles. The summed E-state index contributed by atoms with van der Waals surface area (Å²) < 4.78 is 1.82. The van der Waals surface area contributed by atoms with Crippen molar-refractivity contribution in [1.82, 2.24) is 0 Å². The molecule has 2 aromatic heterocycles. The zero-order valence-electron chi connectivity index (χ0n) is 8.75. The molecule has 0 aromatic carbocycles. The summed E-state index contributed by atoms with van der Waals surface area (Å²) in [4.78, 5) is 1.85. The van der Waals surface area contributed by atoms with Crippen molar-refractivity contribution in [2.45, 2.75) is 20.0 Å². The van der Waals surface area contributed by atoms with Gasteiger partial charge in [-0.05, 0) is 53.0 Å². The third kappa shape index (κ3) is 2.36. The highest BCUT2D eigenvalue weighted by atomic mass is 79.9. The molecule has 1 N–H and O–H groups in total. The van der Waals surface area contributed by atoms with Gasteiger partial charge in [0.15, 0.2) is 0 Å². The molecule has 1 atom stereocenters. The summed E-state index contributed by atoms with van der Waals surface area (Å²) in [6, 6.07) is 3.95. The molecule has 2 heterocycles. The molecule has 86 valence electrons. The summed E-state index contributed by atoms with van der Waals surface area (Å²) in [6.45, 7) is 3.97. The van der Waals surface area contributed by atoms with Crippen LogP contribution in [-0.4, -0.2) is 5.11 Å². The molecule has 0 aliphatic rings. The maximum Gasteiger partial charge on any atom is 0.122 e. The summed E-state index contributed by atoms with van der Waals surface area (Å²) >= 11 is 12.5. The highest BCUT2D eigenvalue weighted by Gasteiger charge is 2.17. The minimum atomic E-state index is -0.564. The van der Waals surface area contributed by atoms with Gasteiger partial charge in [-0.25, -0.2) is 0 Å². The van der Waals surface area contributed by atoms with E-state index >= 15 is 0 Å². The summed E-state index contributed by atoms with van der Waals surface area (Å²) in [6.07, 6.45) is -0.564. The van der Waals surface area contributed by atoms with E-state index in [-0.39, 0.29) is 0 Å². The standard InChI is InChI=1S/C11H10BrClOS2/c1-5-3-7(15-10(5)12)9(14)8-4-6(2)11(13)16-8/h3-4,9,14H,1-2H3. The first-order valence-electron chi connectivity index (χ1n) is 4.68. The Labute approximate surface area is 116 Å². The quantitative estimate of drug-likeness (QED) is 0.824. The van der Waals surface area contributed by atoms with Crippen LogP contribution in [0, 0.1) is 13.8 Å². The first kappa shape index (κ1) is 12.6. The van der Waals surface area contributed by atoms with Gasteiger partial charge in [0.1, 0.15) is 6.10 Å². The van der Waals surface area contributed by atoms with Crippen molar-refractivity contribution < 1.29 is 5.11 Å². The Kier molecular flexibility index (Phi) is 3.76. The fourth-order valence-electron chi connectivity index (χ4n) is 1.38. The maximum atomic E-state index is 10.2. The molecule has 16 heavy (non-hydrogen) atoms. The van der Waals surface area contributed by atoms with Crippen LogP contribution in [0.25, 0.3) is 0 Å². The lowest BCUT2D eigenvalue weighted by Gasteiger charge is -2.04. The van der Waals surface area contributed by atoms with Crippen molar-refractivity contribution in [3.8, 4) is 0 Å². The van der Waals surface area contributed by atoms with Gasteiger partial charge in [-0.2, -0.15) is 0 Å². The van der Waals surface area contributed by atoms with Crippen LogP contribution >= 0.6 is 50.2 Å². The minimum absolute atomic E-state index is 0.564. The van der Waals surface area contributed by atoms with Crippen LogP contribution in [0.3, 0.4) is 0 Å². The molecule has 0 bridgehead atoms. The number of aliphatic hydroxyl groups is 1. The number of hydrogen-bond donors (Lipinski definition) is 1. The van der Waals surface area contributed by atoms with Crippen molar-refractivity contribution in [2.24, 2.45) is 0 Å². The summed E-state index contributed by atoms with van der Waals surface area (Å²) in [5.74, 6) is 0. The van der Waals surface area contributed by atoms with Gasteiger partial charge in [-0.15, -0.1) is 22.7 Å². The lowest BCUT2D eigenvalue weighted by Crippen LogP contribution is -1.92. The van der Waals surface area contributed by atoms with E-state index in [0.717, 1.165) is 29.0 Å². The van der Waals surface area contributed by atoms with Gasteiger partial charge < -0.3 is 5.11 Å². The van der Waals surface area contributed by atoms with Gasteiger partial charge in [0.25, 0.3) is 0 Å². The Balaban J connectivity index is 2.34. The van der Waals surface area contributed by atoms with E-state index in [0.29, 0.717) is 0 Å². The average molecular weight is 338 g/mol. The molecule has 0 amide bonds. The van der Waals surface area contributed by atoms with Crippen LogP contribution in [0.1, 0.15) is 27.0 Å². The lowest BCUT2D eigenvalue weighted by molar-refractivity contribution is 0.228. The van der Waals surface area contributed by atoms with E-state index in [9.17, 15) is 5.11 Å². The second kappa shape index (κ2) is 4.78. The second-order valence-electron chi connectivity index (χ2n) is 3.61. The molecule has 5 heteroatoms. The van der Waals surface area contributed by atoms with Crippen LogP contribution in [0.5, 0.6) is 0 Å². The molecule has 0 aliphatic carbocycles. The van der Waals surface area contributed by atoms with Gasteiger partial charge >= 0.3 is 0 Å². The molecule has 2 aromatic rings. The van der Waals surface area contributed by atoms with Gasteiger partial charge in [0.05, 0.1) is 8.12 Å². The molecule has 1 unspecified atom stereocenters. The number of aliphatic hydroxyl groups excluding tert-OH is 1. The molecular weight excluding hydrogens is 328 g/mol. The lowest BCUT2D eigenvalue weighted by atomic mass is 10.2. The monoisotopic (exact) mass is 336 g/mol. The molecule has 0 saturated heterocycles. The number of hydrogen-bond acceptors (Lipinski definition) is 3. The summed E-state index contributed by atoms with van der Waals surface area (Å²) in [7, 11) is 0. The van der Waals surface area contributed by atoms with E-state index in [4.69, 9.17) is 11.6 Å². The smallest absolute Gasteiger partial charge is 0.122 e.